The Morgan fingerprint density at radius 1 is 0.759 bits per heavy atom. The Kier molecular flexibility index (Phi) is 5.60. The number of nitrogens with one attached hydrogen (secondary N) is 1. The Balaban J connectivity index is 1.58. The zero-order chi connectivity index (χ0) is 19.6. The van der Waals surface area contributed by atoms with Gasteiger partial charge >= 0.3 is 0 Å². The summed E-state index contributed by atoms with van der Waals surface area (Å²) in [5.74, 6) is 1.11. The predicted molar refractivity (Wildman–Crippen MR) is 129 cm³/mol. The van der Waals surface area contributed by atoms with Crippen molar-refractivity contribution in [1.82, 2.24) is 4.90 Å². The van der Waals surface area contributed by atoms with Crippen LogP contribution in [-0.4, -0.2) is 30.1 Å². The number of hydrogen-bond acceptors (Lipinski definition) is 2. The third kappa shape index (κ3) is 3.82. The Labute approximate surface area is 187 Å². The molecule has 3 aromatic rings. The van der Waals surface area contributed by atoms with Crippen LogP contribution in [0.25, 0.3) is 0 Å². The summed E-state index contributed by atoms with van der Waals surface area (Å²) >= 11 is 2.46. The number of benzene rings is 3. The molecule has 2 nitrogen and oxygen atoms in total. The van der Waals surface area contributed by atoms with Gasteiger partial charge in [0.25, 0.3) is 0 Å². The molecular formula is C26H27IN2. The Morgan fingerprint density at radius 3 is 1.90 bits per heavy atom. The minimum absolute atomic E-state index is 0.374. The predicted octanol–water partition coefficient (Wildman–Crippen LogP) is 6.00. The first-order valence-electron chi connectivity index (χ1n) is 10.7. The molecule has 148 valence electrons. The smallest absolute Gasteiger partial charge is 0.0478 e. The number of hydrogen-bond donors (Lipinski definition) is 1. The summed E-state index contributed by atoms with van der Waals surface area (Å²) in [4.78, 5) is 2.75. The van der Waals surface area contributed by atoms with E-state index in [1.807, 2.05) is 0 Å². The molecule has 2 bridgehead atoms. The summed E-state index contributed by atoms with van der Waals surface area (Å²) in [6.07, 6.45) is 2.60. The van der Waals surface area contributed by atoms with Gasteiger partial charge < -0.3 is 5.32 Å². The first kappa shape index (κ1) is 19.1. The monoisotopic (exact) mass is 494 g/mol. The van der Waals surface area contributed by atoms with Crippen molar-refractivity contribution in [3.8, 4) is 0 Å². The number of anilines is 1. The molecule has 0 spiro atoms. The molecule has 2 atom stereocenters. The largest absolute Gasteiger partial charge is 0.380 e. The second-order valence-electron chi connectivity index (χ2n) is 8.31. The maximum absolute atomic E-state index is 4.00. The minimum Gasteiger partial charge on any atom is -0.380 e. The molecule has 0 aromatic heterocycles. The fourth-order valence-corrected chi connectivity index (χ4v) is 5.91. The van der Waals surface area contributed by atoms with E-state index in [1.165, 1.54) is 46.3 Å². The van der Waals surface area contributed by atoms with Gasteiger partial charge in [0, 0.05) is 27.3 Å². The van der Waals surface area contributed by atoms with Crippen molar-refractivity contribution in [2.24, 2.45) is 5.92 Å². The number of halogens is 1. The number of piperidine rings is 3. The second-order valence-corrected chi connectivity index (χ2v) is 9.48. The lowest BCUT2D eigenvalue weighted by Crippen LogP contribution is -2.62. The van der Waals surface area contributed by atoms with Gasteiger partial charge in [-0.1, -0.05) is 72.8 Å². The van der Waals surface area contributed by atoms with Crippen LogP contribution in [0.4, 0.5) is 5.69 Å². The van der Waals surface area contributed by atoms with E-state index in [9.17, 15) is 0 Å². The number of rotatable bonds is 5. The van der Waals surface area contributed by atoms with Crippen molar-refractivity contribution in [2.45, 2.75) is 30.8 Å². The highest BCUT2D eigenvalue weighted by Crippen LogP contribution is 2.43. The normalized spacial score (nSPS) is 25.9. The van der Waals surface area contributed by atoms with Crippen LogP contribution >= 0.6 is 22.6 Å². The summed E-state index contributed by atoms with van der Waals surface area (Å²) in [5, 5.41) is 4.00. The third-order valence-corrected chi connectivity index (χ3v) is 7.67. The van der Waals surface area contributed by atoms with E-state index in [4.69, 9.17) is 0 Å². The molecule has 29 heavy (non-hydrogen) atoms. The van der Waals surface area contributed by atoms with E-state index >= 15 is 0 Å². The number of nitrogens with zero attached hydrogens (tertiary/aromatic N) is 1. The molecule has 0 unspecified atom stereocenters. The van der Waals surface area contributed by atoms with Crippen molar-refractivity contribution in [1.29, 1.82) is 0 Å². The van der Waals surface area contributed by atoms with Gasteiger partial charge in [-0.3, -0.25) is 4.90 Å². The average molecular weight is 494 g/mol. The van der Waals surface area contributed by atoms with Crippen LogP contribution in [0.5, 0.6) is 0 Å². The lowest BCUT2D eigenvalue weighted by Gasteiger charge is -2.54. The van der Waals surface area contributed by atoms with Crippen molar-refractivity contribution in [2.75, 3.05) is 18.4 Å². The minimum atomic E-state index is 0.374. The van der Waals surface area contributed by atoms with Crippen LogP contribution in [0.2, 0.25) is 0 Å². The second kappa shape index (κ2) is 8.49. The van der Waals surface area contributed by atoms with Crippen LogP contribution in [0.15, 0.2) is 84.9 Å². The maximum Gasteiger partial charge on any atom is 0.0478 e. The van der Waals surface area contributed by atoms with Crippen LogP contribution in [0.1, 0.15) is 29.9 Å². The summed E-state index contributed by atoms with van der Waals surface area (Å²) in [5.41, 5.74) is 4.12. The Bertz CT molecular complexity index is 896. The Hall–Kier alpha value is -1.85. The molecule has 3 aromatic carbocycles. The summed E-state index contributed by atoms with van der Waals surface area (Å²) in [7, 11) is 0. The molecule has 3 heteroatoms. The van der Waals surface area contributed by atoms with Gasteiger partial charge in [-0.2, -0.15) is 0 Å². The fraction of sp³-hybridized carbons (Fsp3) is 0.308. The van der Waals surface area contributed by atoms with Gasteiger partial charge in [-0.25, -0.2) is 0 Å². The zero-order valence-corrected chi connectivity index (χ0v) is 18.7. The summed E-state index contributed by atoms with van der Waals surface area (Å²) in [6.45, 7) is 2.44. The molecule has 3 fully saturated rings. The van der Waals surface area contributed by atoms with Crippen molar-refractivity contribution < 1.29 is 0 Å². The van der Waals surface area contributed by atoms with E-state index in [2.05, 4.69) is 118 Å². The number of fused-ring (bicyclic) bond motifs is 3. The SMILES string of the molecule is Ic1ccccc1N[C@@H]1C2CCN(CC2)[C@@H]1C(c1ccccc1)c1ccccc1. The van der Waals surface area contributed by atoms with Crippen LogP contribution in [0.3, 0.4) is 0 Å². The molecule has 6 rings (SSSR count). The maximum atomic E-state index is 4.00. The molecular weight excluding hydrogens is 467 g/mol. The molecule has 3 aliphatic heterocycles. The van der Waals surface area contributed by atoms with Crippen LogP contribution in [0, 0.1) is 9.49 Å². The molecule has 3 saturated heterocycles. The van der Waals surface area contributed by atoms with Crippen molar-refractivity contribution in [3.05, 3.63) is 99.6 Å². The van der Waals surface area contributed by atoms with Gasteiger partial charge in [0.05, 0.1) is 0 Å². The zero-order valence-electron chi connectivity index (χ0n) is 16.5. The lowest BCUT2D eigenvalue weighted by molar-refractivity contribution is 0.0280. The Morgan fingerprint density at radius 2 is 1.31 bits per heavy atom. The molecule has 0 aliphatic carbocycles. The average Bonchev–Trinajstić information content (AvgIpc) is 2.79. The highest BCUT2D eigenvalue weighted by molar-refractivity contribution is 14.1. The topological polar surface area (TPSA) is 15.3 Å². The van der Waals surface area contributed by atoms with Gasteiger partial charge in [0.2, 0.25) is 0 Å². The molecule has 0 saturated carbocycles. The van der Waals surface area contributed by atoms with Crippen molar-refractivity contribution >= 4 is 28.3 Å². The van der Waals surface area contributed by atoms with Gasteiger partial charge in [0.15, 0.2) is 0 Å². The third-order valence-electron chi connectivity index (χ3n) is 6.73. The van der Waals surface area contributed by atoms with Crippen molar-refractivity contribution in [3.63, 3.8) is 0 Å². The first-order chi connectivity index (χ1) is 14.3. The van der Waals surface area contributed by atoms with E-state index < -0.39 is 0 Å². The van der Waals surface area contributed by atoms with E-state index in [0.29, 0.717) is 18.0 Å². The summed E-state index contributed by atoms with van der Waals surface area (Å²) < 4.78 is 1.30. The molecule has 1 N–H and O–H groups in total. The van der Waals surface area contributed by atoms with E-state index in [-0.39, 0.29) is 0 Å². The molecule has 3 heterocycles. The standard InChI is InChI=1S/C26H27IN2/c27-22-13-7-8-14-23(22)28-25-21-15-17-29(18-16-21)26(25)24(19-9-3-1-4-10-19)20-11-5-2-6-12-20/h1-14,21,24-26,28H,15-18H2/t25-,26-/m1/s1. The molecule has 0 amide bonds. The highest BCUT2D eigenvalue weighted by Gasteiger charge is 2.46. The van der Waals surface area contributed by atoms with E-state index in [0.717, 1.165) is 5.92 Å². The van der Waals surface area contributed by atoms with Crippen LogP contribution < -0.4 is 5.32 Å². The van der Waals surface area contributed by atoms with Gasteiger partial charge in [-0.15, -0.1) is 0 Å². The quantitative estimate of drug-likeness (QED) is 0.438. The highest BCUT2D eigenvalue weighted by atomic mass is 127. The molecule has 3 aliphatic rings. The number of para-hydroxylation sites is 1. The summed E-state index contributed by atoms with van der Waals surface area (Å²) in [6, 6.07) is 31.8. The fourth-order valence-electron chi connectivity index (χ4n) is 5.37. The lowest BCUT2D eigenvalue weighted by atomic mass is 9.70. The van der Waals surface area contributed by atoms with E-state index in [1.54, 1.807) is 0 Å². The molecule has 0 radical (unpaired) electrons. The first-order valence-corrected chi connectivity index (χ1v) is 11.7. The van der Waals surface area contributed by atoms with Gasteiger partial charge in [0.1, 0.15) is 0 Å². The van der Waals surface area contributed by atoms with Crippen LogP contribution in [-0.2, 0) is 0 Å². The van der Waals surface area contributed by atoms with Gasteiger partial charge in [-0.05, 0) is 77.7 Å².